The Morgan fingerprint density at radius 2 is 2.04 bits per heavy atom. The molecule has 3 aromatic rings. The lowest BCUT2D eigenvalue weighted by atomic mass is 10.2. The van der Waals surface area contributed by atoms with Crippen LogP contribution in [0.15, 0.2) is 24.9 Å². The topological polar surface area (TPSA) is 74.1 Å². The molecular weight excluding hydrogens is 318 g/mol. The highest BCUT2D eigenvalue weighted by Gasteiger charge is 2.17. The van der Waals surface area contributed by atoms with E-state index in [1.54, 1.807) is 10.9 Å². The monoisotopic (exact) mass is 337 g/mol. The molecule has 1 aliphatic rings. The van der Waals surface area contributed by atoms with E-state index in [1.165, 1.54) is 0 Å². The van der Waals surface area contributed by atoms with Crippen LogP contribution in [0, 0.1) is 13.8 Å². The fraction of sp³-hybridized carbons (Fsp3) is 0.278. The lowest BCUT2D eigenvalue weighted by molar-refractivity contribution is 0.174. The molecule has 0 fully saturated rings. The summed E-state index contributed by atoms with van der Waals surface area (Å²) in [7, 11) is 0. The molecule has 0 saturated carbocycles. The van der Waals surface area contributed by atoms with Crippen LogP contribution in [0.2, 0.25) is 0 Å². The minimum absolute atomic E-state index is 0.248. The van der Waals surface area contributed by atoms with Crippen molar-refractivity contribution in [2.75, 3.05) is 12.1 Å². The molecule has 1 aliphatic heterocycles. The third-order valence-electron chi connectivity index (χ3n) is 4.28. The Balaban J connectivity index is 1.74. The Labute approximate surface area is 145 Å². The van der Waals surface area contributed by atoms with Crippen molar-refractivity contribution in [2.24, 2.45) is 0 Å². The van der Waals surface area contributed by atoms with Crippen molar-refractivity contribution in [2.45, 2.75) is 27.2 Å². The predicted molar refractivity (Wildman–Crippen MR) is 96.3 cm³/mol. The van der Waals surface area contributed by atoms with Gasteiger partial charge in [0.2, 0.25) is 12.7 Å². The molecule has 128 valence electrons. The highest BCUT2D eigenvalue weighted by molar-refractivity contribution is 5.81. The zero-order valence-electron chi connectivity index (χ0n) is 14.5. The SMILES string of the molecule is C=C(CC)n1nc(C)c2cnc(Nc3cc4c(cc3C)OCO4)nc21. The van der Waals surface area contributed by atoms with E-state index < -0.39 is 0 Å². The van der Waals surface area contributed by atoms with Gasteiger partial charge in [-0.2, -0.15) is 10.1 Å². The van der Waals surface area contributed by atoms with Gasteiger partial charge in [0.05, 0.1) is 11.1 Å². The van der Waals surface area contributed by atoms with E-state index in [4.69, 9.17) is 9.47 Å². The van der Waals surface area contributed by atoms with Crippen LogP contribution in [0.5, 0.6) is 11.5 Å². The van der Waals surface area contributed by atoms with Gasteiger partial charge in [-0.3, -0.25) is 0 Å². The number of anilines is 2. The second-order valence-electron chi connectivity index (χ2n) is 5.99. The highest BCUT2D eigenvalue weighted by Crippen LogP contribution is 2.37. The van der Waals surface area contributed by atoms with Crippen LogP contribution in [0.3, 0.4) is 0 Å². The number of fused-ring (bicyclic) bond motifs is 2. The number of hydrogen-bond acceptors (Lipinski definition) is 6. The predicted octanol–water partition coefficient (Wildman–Crippen LogP) is 3.80. The second-order valence-corrected chi connectivity index (χ2v) is 5.99. The molecule has 1 aromatic carbocycles. The molecule has 0 spiro atoms. The smallest absolute Gasteiger partial charge is 0.231 e. The maximum absolute atomic E-state index is 5.44. The van der Waals surface area contributed by atoms with Crippen LogP contribution < -0.4 is 14.8 Å². The van der Waals surface area contributed by atoms with E-state index >= 15 is 0 Å². The van der Waals surface area contributed by atoms with Crippen molar-refractivity contribution < 1.29 is 9.47 Å². The molecule has 2 aromatic heterocycles. The molecule has 0 saturated heterocycles. The Morgan fingerprint density at radius 3 is 2.80 bits per heavy atom. The van der Waals surface area contributed by atoms with Gasteiger partial charge in [-0.15, -0.1) is 0 Å². The molecule has 0 bridgehead atoms. The first-order chi connectivity index (χ1) is 12.1. The van der Waals surface area contributed by atoms with E-state index in [-0.39, 0.29) is 6.79 Å². The minimum atomic E-state index is 0.248. The molecule has 25 heavy (non-hydrogen) atoms. The quantitative estimate of drug-likeness (QED) is 0.780. The average molecular weight is 337 g/mol. The van der Waals surface area contributed by atoms with Crippen LogP contribution in [0.4, 0.5) is 11.6 Å². The van der Waals surface area contributed by atoms with Crippen molar-refractivity contribution in [3.05, 3.63) is 36.2 Å². The van der Waals surface area contributed by atoms with E-state index in [0.717, 1.165) is 51.6 Å². The number of ether oxygens (including phenoxy) is 2. The lowest BCUT2D eigenvalue weighted by Crippen LogP contribution is -2.02. The summed E-state index contributed by atoms with van der Waals surface area (Å²) < 4.78 is 12.6. The standard InChI is InChI=1S/C18H19N5O2/c1-5-11(3)23-17-13(12(4)22-23)8-19-18(21-17)20-14-7-16-15(6-10(14)2)24-9-25-16/h6-8H,3,5,9H2,1-2,4H3,(H,19,20,21). The van der Waals surface area contributed by atoms with E-state index in [2.05, 4.69) is 27.0 Å². The Kier molecular flexibility index (Phi) is 3.56. The van der Waals surface area contributed by atoms with Crippen LogP contribution in [0.1, 0.15) is 24.6 Å². The number of rotatable bonds is 4. The number of allylic oxidation sites excluding steroid dienone is 1. The molecule has 7 heteroatoms. The Morgan fingerprint density at radius 1 is 1.28 bits per heavy atom. The number of benzene rings is 1. The molecular formula is C18H19N5O2. The molecule has 1 N–H and O–H groups in total. The maximum atomic E-state index is 5.44. The molecule has 0 aliphatic carbocycles. The molecule has 7 nitrogen and oxygen atoms in total. The van der Waals surface area contributed by atoms with Crippen LogP contribution in [-0.4, -0.2) is 26.5 Å². The third-order valence-corrected chi connectivity index (χ3v) is 4.28. The third kappa shape index (κ3) is 2.57. The largest absolute Gasteiger partial charge is 0.454 e. The van der Waals surface area contributed by atoms with Gasteiger partial charge in [-0.25, -0.2) is 9.67 Å². The first-order valence-corrected chi connectivity index (χ1v) is 8.14. The first kappa shape index (κ1) is 15.4. The van der Waals surface area contributed by atoms with Crippen molar-refractivity contribution in [3.8, 4) is 11.5 Å². The summed E-state index contributed by atoms with van der Waals surface area (Å²) in [6.45, 7) is 10.3. The highest BCUT2D eigenvalue weighted by atomic mass is 16.7. The van der Waals surface area contributed by atoms with Gasteiger partial charge in [0.1, 0.15) is 0 Å². The minimum Gasteiger partial charge on any atom is -0.454 e. The average Bonchev–Trinajstić information content (AvgIpc) is 3.18. The fourth-order valence-electron chi connectivity index (χ4n) is 2.77. The van der Waals surface area contributed by atoms with Gasteiger partial charge in [0.25, 0.3) is 0 Å². The summed E-state index contributed by atoms with van der Waals surface area (Å²) in [6, 6.07) is 3.84. The Bertz CT molecular complexity index is 993. The van der Waals surface area contributed by atoms with Crippen molar-refractivity contribution in [1.82, 2.24) is 19.7 Å². The molecule has 0 amide bonds. The van der Waals surface area contributed by atoms with E-state index in [9.17, 15) is 0 Å². The molecule has 4 rings (SSSR count). The van der Waals surface area contributed by atoms with Crippen LogP contribution in [0.25, 0.3) is 16.7 Å². The van der Waals surface area contributed by atoms with E-state index in [0.29, 0.717) is 5.95 Å². The zero-order valence-corrected chi connectivity index (χ0v) is 14.5. The number of aryl methyl sites for hydroxylation is 2. The fourth-order valence-corrected chi connectivity index (χ4v) is 2.77. The normalized spacial score (nSPS) is 12.6. The number of nitrogens with one attached hydrogen (secondary N) is 1. The molecule has 0 radical (unpaired) electrons. The van der Waals surface area contributed by atoms with Gasteiger partial charge < -0.3 is 14.8 Å². The molecule has 0 atom stereocenters. The summed E-state index contributed by atoms with van der Waals surface area (Å²) in [6.07, 6.45) is 2.58. The van der Waals surface area contributed by atoms with Crippen LogP contribution >= 0.6 is 0 Å². The number of hydrogen-bond donors (Lipinski definition) is 1. The van der Waals surface area contributed by atoms with Gasteiger partial charge in [0, 0.05) is 23.6 Å². The van der Waals surface area contributed by atoms with Gasteiger partial charge in [0.15, 0.2) is 17.1 Å². The summed E-state index contributed by atoms with van der Waals surface area (Å²) in [4.78, 5) is 9.06. The first-order valence-electron chi connectivity index (χ1n) is 8.14. The zero-order chi connectivity index (χ0) is 17.6. The lowest BCUT2D eigenvalue weighted by Gasteiger charge is -2.10. The summed E-state index contributed by atoms with van der Waals surface area (Å²) in [5, 5.41) is 8.70. The molecule has 0 unspecified atom stereocenters. The van der Waals surface area contributed by atoms with Crippen molar-refractivity contribution >= 4 is 28.4 Å². The second kappa shape index (κ2) is 5.77. The molecule has 3 heterocycles. The van der Waals surface area contributed by atoms with E-state index in [1.807, 2.05) is 32.9 Å². The number of aromatic nitrogens is 4. The summed E-state index contributed by atoms with van der Waals surface area (Å²) in [5.41, 5.74) is 4.42. The van der Waals surface area contributed by atoms with Gasteiger partial charge in [-0.05, 0) is 31.9 Å². The summed E-state index contributed by atoms with van der Waals surface area (Å²) >= 11 is 0. The van der Waals surface area contributed by atoms with Crippen LogP contribution in [-0.2, 0) is 0 Å². The summed E-state index contributed by atoms with van der Waals surface area (Å²) in [5.74, 6) is 1.97. The van der Waals surface area contributed by atoms with Gasteiger partial charge in [-0.1, -0.05) is 13.5 Å². The van der Waals surface area contributed by atoms with Gasteiger partial charge >= 0.3 is 0 Å². The maximum Gasteiger partial charge on any atom is 0.231 e. The Hall–Kier alpha value is -3.09. The van der Waals surface area contributed by atoms with Crippen molar-refractivity contribution in [3.63, 3.8) is 0 Å². The van der Waals surface area contributed by atoms with Crippen molar-refractivity contribution in [1.29, 1.82) is 0 Å². The number of nitrogens with zero attached hydrogens (tertiary/aromatic N) is 4.